The standard InChI is InChI=1S/C30H29ClN6O2/c1-18-5-10-26-21(12-18)13-24(16-34-26)37-28-27(4-3-11-32-28)36(30(37)39)17-20-6-8-23(9-7-20)35-29(38)25-14-22(31)15-33-19(25)2/h3-5,10-16,20,23H,6-9,17H2,1-2H3,(H,35,38)/t20-,23-. The Balaban J connectivity index is 1.21. The summed E-state index contributed by atoms with van der Waals surface area (Å²) in [5.41, 5.74) is 5.23. The molecule has 8 nitrogen and oxygen atoms in total. The summed E-state index contributed by atoms with van der Waals surface area (Å²) in [6.07, 6.45) is 8.52. The minimum absolute atomic E-state index is 0.0824. The molecule has 0 unspecified atom stereocenters. The topological polar surface area (TPSA) is 94.7 Å². The fourth-order valence-corrected chi connectivity index (χ4v) is 5.76. The van der Waals surface area contributed by atoms with Crippen LogP contribution in [0.5, 0.6) is 0 Å². The number of rotatable bonds is 5. The number of hydrogen-bond acceptors (Lipinski definition) is 5. The molecule has 1 fully saturated rings. The summed E-state index contributed by atoms with van der Waals surface area (Å²) in [4.78, 5) is 39.9. The van der Waals surface area contributed by atoms with Crippen molar-refractivity contribution in [2.45, 2.75) is 52.1 Å². The Morgan fingerprint density at radius 2 is 1.85 bits per heavy atom. The van der Waals surface area contributed by atoms with Crippen LogP contribution in [-0.4, -0.2) is 36.0 Å². The molecule has 0 saturated heterocycles. The molecule has 1 aliphatic carbocycles. The number of imidazole rings is 1. The third-order valence-electron chi connectivity index (χ3n) is 7.69. The second-order valence-electron chi connectivity index (χ2n) is 10.4. The highest BCUT2D eigenvalue weighted by atomic mass is 35.5. The number of pyridine rings is 3. The lowest BCUT2D eigenvalue weighted by atomic mass is 9.85. The summed E-state index contributed by atoms with van der Waals surface area (Å²) in [5.74, 6) is 0.178. The second-order valence-corrected chi connectivity index (χ2v) is 10.9. The molecule has 9 heteroatoms. The van der Waals surface area contributed by atoms with Crippen molar-refractivity contribution in [3.8, 4) is 5.69 Å². The molecule has 4 heterocycles. The highest BCUT2D eigenvalue weighted by Crippen LogP contribution is 2.28. The molecular formula is C30H29ClN6O2. The lowest BCUT2D eigenvalue weighted by Crippen LogP contribution is -2.39. The molecule has 1 N–H and O–H groups in total. The van der Waals surface area contributed by atoms with Crippen molar-refractivity contribution in [2.75, 3.05) is 0 Å². The number of nitrogens with one attached hydrogen (secondary N) is 1. The summed E-state index contributed by atoms with van der Waals surface area (Å²) in [7, 11) is 0. The Bertz CT molecular complexity index is 1770. The molecule has 1 aromatic carbocycles. The molecule has 0 aliphatic heterocycles. The molecule has 0 radical (unpaired) electrons. The highest BCUT2D eigenvalue weighted by molar-refractivity contribution is 6.30. The van der Waals surface area contributed by atoms with Gasteiger partial charge in [-0.15, -0.1) is 0 Å². The van der Waals surface area contributed by atoms with E-state index in [4.69, 9.17) is 11.6 Å². The number of amides is 1. The normalized spacial score (nSPS) is 17.5. The van der Waals surface area contributed by atoms with Crippen LogP contribution in [0.4, 0.5) is 0 Å². The Morgan fingerprint density at radius 3 is 2.67 bits per heavy atom. The van der Waals surface area contributed by atoms with E-state index < -0.39 is 0 Å². The van der Waals surface area contributed by atoms with Crippen molar-refractivity contribution < 1.29 is 4.79 Å². The Hall–Kier alpha value is -4.04. The molecule has 0 bridgehead atoms. The van der Waals surface area contributed by atoms with Gasteiger partial charge in [0.2, 0.25) is 0 Å². The molecule has 0 spiro atoms. The van der Waals surface area contributed by atoms with Crippen LogP contribution in [0.15, 0.2) is 65.8 Å². The van der Waals surface area contributed by atoms with Gasteiger partial charge in [0.15, 0.2) is 5.65 Å². The average molecular weight is 541 g/mol. The number of hydrogen-bond donors (Lipinski definition) is 1. The molecule has 4 aromatic heterocycles. The fraction of sp³-hybridized carbons (Fsp3) is 0.300. The smallest absolute Gasteiger partial charge is 0.335 e. The average Bonchev–Trinajstić information content (AvgIpc) is 3.21. The van der Waals surface area contributed by atoms with Gasteiger partial charge in [-0.3, -0.25) is 19.3 Å². The minimum atomic E-state index is -0.143. The SMILES string of the molecule is Cc1ccc2ncc(-n3c(=O)n(C[C@H]4CC[C@H](NC(=O)c5cc(Cl)cnc5C)CC4)c4cccnc43)cc2c1. The largest absolute Gasteiger partial charge is 0.349 e. The van der Waals surface area contributed by atoms with Gasteiger partial charge >= 0.3 is 5.69 Å². The van der Waals surface area contributed by atoms with Gasteiger partial charge in [-0.1, -0.05) is 23.2 Å². The summed E-state index contributed by atoms with van der Waals surface area (Å²) >= 11 is 6.05. The predicted molar refractivity (Wildman–Crippen MR) is 153 cm³/mol. The maximum atomic E-state index is 13.8. The predicted octanol–water partition coefficient (Wildman–Crippen LogP) is 5.39. The highest BCUT2D eigenvalue weighted by Gasteiger charge is 2.26. The first-order chi connectivity index (χ1) is 18.9. The fourth-order valence-electron chi connectivity index (χ4n) is 5.60. The van der Waals surface area contributed by atoms with Gasteiger partial charge in [-0.2, -0.15) is 0 Å². The number of carbonyl (C=O) groups excluding carboxylic acids is 1. The van der Waals surface area contributed by atoms with Gasteiger partial charge in [-0.25, -0.2) is 14.3 Å². The number of halogens is 1. The first-order valence-electron chi connectivity index (χ1n) is 13.2. The second kappa shape index (κ2) is 10.3. The lowest BCUT2D eigenvalue weighted by molar-refractivity contribution is 0.0919. The van der Waals surface area contributed by atoms with Crippen LogP contribution in [0.1, 0.15) is 47.3 Å². The first-order valence-corrected chi connectivity index (χ1v) is 13.6. The van der Waals surface area contributed by atoms with Crippen molar-refractivity contribution in [3.63, 3.8) is 0 Å². The number of carbonyl (C=O) groups is 1. The Morgan fingerprint density at radius 1 is 1.03 bits per heavy atom. The zero-order valence-corrected chi connectivity index (χ0v) is 22.7. The van der Waals surface area contributed by atoms with E-state index in [2.05, 4.69) is 26.3 Å². The summed E-state index contributed by atoms with van der Waals surface area (Å²) in [6, 6.07) is 13.7. The molecule has 1 saturated carbocycles. The van der Waals surface area contributed by atoms with E-state index in [0.29, 0.717) is 40.1 Å². The third-order valence-corrected chi connectivity index (χ3v) is 7.90. The van der Waals surface area contributed by atoms with E-state index in [0.717, 1.165) is 47.7 Å². The van der Waals surface area contributed by atoms with Gasteiger partial charge in [0.05, 0.1) is 39.2 Å². The van der Waals surface area contributed by atoms with Crippen molar-refractivity contribution in [1.82, 2.24) is 29.4 Å². The Kier molecular flexibility index (Phi) is 6.64. The maximum absolute atomic E-state index is 13.8. The number of fused-ring (bicyclic) bond motifs is 2. The number of aromatic nitrogens is 5. The molecule has 198 valence electrons. The quantitative estimate of drug-likeness (QED) is 0.322. The molecule has 1 aliphatic rings. The third kappa shape index (κ3) is 4.92. The molecule has 6 rings (SSSR count). The van der Waals surface area contributed by atoms with E-state index in [1.807, 2.05) is 41.8 Å². The van der Waals surface area contributed by atoms with Gasteiger partial charge < -0.3 is 5.32 Å². The summed E-state index contributed by atoms with van der Waals surface area (Å²) < 4.78 is 3.50. The number of nitrogens with zero attached hydrogens (tertiary/aromatic N) is 5. The Labute approximate surface area is 230 Å². The molecule has 0 atom stereocenters. The zero-order valence-electron chi connectivity index (χ0n) is 21.9. The van der Waals surface area contributed by atoms with E-state index in [9.17, 15) is 9.59 Å². The lowest BCUT2D eigenvalue weighted by Gasteiger charge is -2.29. The van der Waals surface area contributed by atoms with Gasteiger partial charge in [-0.05, 0) is 81.8 Å². The molecular weight excluding hydrogens is 512 g/mol. The molecule has 39 heavy (non-hydrogen) atoms. The van der Waals surface area contributed by atoms with Crippen LogP contribution >= 0.6 is 11.6 Å². The van der Waals surface area contributed by atoms with Crippen LogP contribution in [0.3, 0.4) is 0 Å². The van der Waals surface area contributed by atoms with Crippen molar-refractivity contribution in [3.05, 3.63) is 93.4 Å². The number of aryl methyl sites for hydroxylation is 2. The monoisotopic (exact) mass is 540 g/mol. The van der Waals surface area contributed by atoms with Gasteiger partial charge in [0, 0.05) is 30.4 Å². The maximum Gasteiger partial charge on any atom is 0.335 e. The van der Waals surface area contributed by atoms with Crippen LogP contribution in [-0.2, 0) is 6.54 Å². The van der Waals surface area contributed by atoms with E-state index in [1.165, 1.54) is 0 Å². The number of benzene rings is 1. The van der Waals surface area contributed by atoms with Crippen molar-refractivity contribution >= 4 is 39.6 Å². The van der Waals surface area contributed by atoms with Gasteiger partial charge in [0.1, 0.15) is 0 Å². The summed E-state index contributed by atoms with van der Waals surface area (Å²) in [6.45, 7) is 4.45. The van der Waals surface area contributed by atoms with Crippen LogP contribution in [0, 0.1) is 19.8 Å². The van der Waals surface area contributed by atoms with Gasteiger partial charge in [0.25, 0.3) is 5.91 Å². The van der Waals surface area contributed by atoms with E-state index >= 15 is 0 Å². The zero-order chi connectivity index (χ0) is 27.1. The molecule has 1 amide bonds. The van der Waals surface area contributed by atoms with E-state index in [1.54, 1.807) is 36.1 Å². The van der Waals surface area contributed by atoms with Crippen LogP contribution in [0.25, 0.3) is 27.8 Å². The summed E-state index contributed by atoms with van der Waals surface area (Å²) in [5, 5.41) is 4.58. The van der Waals surface area contributed by atoms with Crippen molar-refractivity contribution in [1.29, 1.82) is 0 Å². The van der Waals surface area contributed by atoms with Crippen LogP contribution < -0.4 is 11.0 Å². The first kappa shape index (κ1) is 25.2. The molecule has 5 aromatic rings. The van der Waals surface area contributed by atoms with Crippen molar-refractivity contribution in [2.24, 2.45) is 5.92 Å². The minimum Gasteiger partial charge on any atom is -0.349 e. The van der Waals surface area contributed by atoms with E-state index in [-0.39, 0.29) is 17.6 Å². The van der Waals surface area contributed by atoms with Crippen LogP contribution in [0.2, 0.25) is 5.02 Å².